The number of nitrogens with one attached hydrogen (secondary N) is 1. The number of thiazole rings is 1. The van der Waals surface area contributed by atoms with Crippen molar-refractivity contribution < 1.29 is 4.79 Å². The van der Waals surface area contributed by atoms with Crippen molar-refractivity contribution in [3.63, 3.8) is 0 Å². The highest BCUT2D eigenvalue weighted by molar-refractivity contribution is 7.07. The molecule has 2 aromatic carbocycles. The lowest BCUT2D eigenvalue weighted by Crippen LogP contribution is -2.40. The molecule has 0 radical (unpaired) electrons. The molecule has 1 N–H and O–H groups in total. The van der Waals surface area contributed by atoms with E-state index in [1.54, 1.807) is 23.6 Å². The zero-order chi connectivity index (χ0) is 26.3. The van der Waals surface area contributed by atoms with Crippen LogP contribution < -0.4 is 20.2 Å². The van der Waals surface area contributed by atoms with Crippen LogP contribution in [0, 0.1) is 13.8 Å². The number of para-hydroxylation sites is 1. The maximum atomic E-state index is 13.9. The minimum atomic E-state index is -0.653. The largest absolute Gasteiger partial charge is 0.322 e. The van der Waals surface area contributed by atoms with Crippen molar-refractivity contribution in [3.8, 4) is 0 Å². The van der Waals surface area contributed by atoms with E-state index in [0.717, 1.165) is 29.1 Å². The maximum Gasteiger partial charge on any atom is 0.271 e. The van der Waals surface area contributed by atoms with E-state index < -0.39 is 6.04 Å². The van der Waals surface area contributed by atoms with Gasteiger partial charge in [0.15, 0.2) is 4.80 Å². The molecule has 37 heavy (non-hydrogen) atoms. The second kappa shape index (κ2) is 9.95. The summed E-state index contributed by atoms with van der Waals surface area (Å²) in [6.45, 7) is 8.53. The number of aromatic nitrogens is 3. The van der Waals surface area contributed by atoms with Crippen LogP contribution in [-0.2, 0) is 11.3 Å². The first-order valence-corrected chi connectivity index (χ1v) is 13.2. The van der Waals surface area contributed by atoms with Crippen molar-refractivity contribution in [1.82, 2.24) is 14.3 Å². The Labute approximate surface area is 223 Å². The van der Waals surface area contributed by atoms with Gasteiger partial charge in [-0.2, -0.15) is 5.10 Å². The molecule has 1 aliphatic rings. The Morgan fingerprint density at radius 1 is 1.11 bits per heavy atom. The van der Waals surface area contributed by atoms with Gasteiger partial charge in [0.1, 0.15) is 0 Å². The van der Waals surface area contributed by atoms with Gasteiger partial charge in [0.05, 0.1) is 27.5 Å². The Bertz CT molecular complexity index is 1710. The van der Waals surface area contributed by atoms with Crippen molar-refractivity contribution >= 4 is 40.6 Å². The van der Waals surface area contributed by atoms with Gasteiger partial charge in [0.2, 0.25) is 0 Å². The molecular formula is C28H26ClN5O2S. The number of hydrogen-bond acceptors (Lipinski definition) is 5. The van der Waals surface area contributed by atoms with E-state index in [0.29, 0.717) is 31.3 Å². The van der Waals surface area contributed by atoms with Crippen LogP contribution >= 0.6 is 22.9 Å². The van der Waals surface area contributed by atoms with E-state index in [9.17, 15) is 9.59 Å². The quantitative estimate of drug-likeness (QED) is 0.415. The van der Waals surface area contributed by atoms with E-state index in [4.69, 9.17) is 16.6 Å². The third kappa shape index (κ3) is 4.58. The zero-order valence-corrected chi connectivity index (χ0v) is 22.5. The summed E-state index contributed by atoms with van der Waals surface area (Å²) in [6.07, 6.45) is 1.88. The number of benzene rings is 2. The fraction of sp³-hybridized carbons (Fsp3) is 0.214. The van der Waals surface area contributed by atoms with E-state index in [1.807, 2.05) is 74.0 Å². The van der Waals surface area contributed by atoms with Crippen molar-refractivity contribution in [2.45, 2.75) is 40.3 Å². The van der Waals surface area contributed by atoms with Gasteiger partial charge < -0.3 is 5.32 Å². The SMILES string of the molecule is CCn1nc(C)c(/C=c2\sc3n(c2=O)[C@@H](c2ccc(Cl)cc2)C(C(=O)Nc2ccccc2)=C(C)N=3)c1C. The van der Waals surface area contributed by atoms with Crippen molar-refractivity contribution in [2.24, 2.45) is 4.99 Å². The molecule has 0 spiro atoms. The first-order valence-electron chi connectivity index (χ1n) is 12.0. The first kappa shape index (κ1) is 24.9. The molecule has 3 heterocycles. The highest BCUT2D eigenvalue weighted by atomic mass is 35.5. The van der Waals surface area contributed by atoms with Gasteiger partial charge in [-0.25, -0.2) is 4.99 Å². The lowest BCUT2D eigenvalue weighted by atomic mass is 9.95. The number of allylic oxidation sites excluding steroid dienone is 1. The van der Waals surface area contributed by atoms with E-state index in [2.05, 4.69) is 10.4 Å². The molecule has 4 aromatic rings. The van der Waals surface area contributed by atoms with Gasteiger partial charge in [-0.05, 0) is 63.6 Å². The highest BCUT2D eigenvalue weighted by Gasteiger charge is 2.32. The normalized spacial score (nSPS) is 15.5. The number of aryl methyl sites for hydroxylation is 2. The van der Waals surface area contributed by atoms with Gasteiger partial charge >= 0.3 is 0 Å². The molecule has 7 nitrogen and oxygen atoms in total. The Balaban J connectivity index is 1.69. The average Bonchev–Trinajstić information content (AvgIpc) is 3.34. The van der Waals surface area contributed by atoms with E-state index in [1.165, 1.54) is 11.3 Å². The average molecular weight is 532 g/mol. The van der Waals surface area contributed by atoms with Gasteiger partial charge in [-0.1, -0.05) is 53.3 Å². The number of anilines is 1. The molecular weight excluding hydrogens is 506 g/mol. The van der Waals surface area contributed by atoms with Crippen LogP contribution in [0.2, 0.25) is 5.02 Å². The number of hydrogen-bond donors (Lipinski definition) is 1. The van der Waals surface area contributed by atoms with Gasteiger partial charge in [-0.15, -0.1) is 0 Å². The third-order valence-corrected chi connectivity index (χ3v) is 7.73. The van der Waals surface area contributed by atoms with Crippen molar-refractivity contribution in [1.29, 1.82) is 0 Å². The second-order valence-corrected chi connectivity index (χ2v) is 10.3. The van der Waals surface area contributed by atoms with Gasteiger partial charge in [0.25, 0.3) is 11.5 Å². The van der Waals surface area contributed by atoms with E-state index in [-0.39, 0.29) is 11.5 Å². The summed E-state index contributed by atoms with van der Waals surface area (Å²) >= 11 is 7.48. The number of fused-ring (bicyclic) bond motifs is 1. The van der Waals surface area contributed by atoms with Crippen LogP contribution in [0.25, 0.3) is 6.08 Å². The number of rotatable bonds is 5. The minimum absolute atomic E-state index is 0.204. The van der Waals surface area contributed by atoms with Crippen LogP contribution in [0.4, 0.5) is 5.69 Å². The summed E-state index contributed by atoms with van der Waals surface area (Å²) in [7, 11) is 0. The molecule has 2 aromatic heterocycles. The van der Waals surface area contributed by atoms with Crippen molar-refractivity contribution in [3.05, 3.63) is 113 Å². The molecule has 1 atom stereocenters. The molecule has 9 heteroatoms. The highest BCUT2D eigenvalue weighted by Crippen LogP contribution is 2.31. The lowest BCUT2D eigenvalue weighted by Gasteiger charge is -2.25. The molecule has 5 rings (SSSR count). The summed E-state index contributed by atoms with van der Waals surface area (Å²) in [6, 6.07) is 15.8. The van der Waals surface area contributed by atoms with Crippen LogP contribution in [0.5, 0.6) is 0 Å². The molecule has 0 aliphatic carbocycles. The fourth-order valence-corrected chi connectivity index (χ4v) is 5.81. The maximum absolute atomic E-state index is 13.9. The third-order valence-electron chi connectivity index (χ3n) is 6.50. The molecule has 1 amide bonds. The summed E-state index contributed by atoms with van der Waals surface area (Å²) in [5.74, 6) is -0.308. The minimum Gasteiger partial charge on any atom is -0.322 e. The Kier molecular flexibility index (Phi) is 6.70. The Morgan fingerprint density at radius 2 is 1.81 bits per heavy atom. The molecule has 0 fully saturated rings. The standard InChI is InChI=1S/C28H26ClN5O2S/c1-5-33-18(4)22(16(2)32-33)15-23-27(36)34-25(19-11-13-20(29)14-12-19)24(17(3)30-28(34)37-23)26(35)31-21-9-7-6-8-10-21/h6-15,25H,5H2,1-4H3,(H,31,35)/b23-15-/t25-/m0/s1. The molecule has 0 saturated carbocycles. The Morgan fingerprint density at radius 3 is 2.46 bits per heavy atom. The monoisotopic (exact) mass is 531 g/mol. The number of amides is 1. The fourth-order valence-electron chi connectivity index (χ4n) is 4.65. The Hall–Kier alpha value is -3.75. The molecule has 188 valence electrons. The lowest BCUT2D eigenvalue weighted by molar-refractivity contribution is -0.113. The topological polar surface area (TPSA) is 81.3 Å². The number of nitrogens with zero attached hydrogens (tertiary/aromatic N) is 4. The predicted molar refractivity (Wildman–Crippen MR) is 148 cm³/mol. The van der Waals surface area contributed by atoms with Crippen LogP contribution in [-0.4, -0.2) is 20.3 Å². The summed E-state index contributed by atoms with van der Waals surface area (Å²) in [5.41, 5.74) is 4.99. The smallest absolute Gasteiger partial charge is 0.271 e. The zero-order valence-electron chi connectivity index (χ0n) is 20.9. The van der Waals surface area contributed by atoms with Crippen LogP contribution in [0.3, 0.4) is 0 Å². The second-order valence-electron chi connectivity index (χ2n) is 8.85. The van der Waals surface area contributed by atoms with Gasteiger partial charge in [0, 0.05) is 28.5 Å². The first-order chi connectivity index (χ1) is 17.8. The number of carbonyl (C=O) groups is 1. The summed E-state index contributed by atoms with van der Waals surface area (Å²) in [5, 5.41) is 8.11. The number of halogens is 1. The summed E-state index contributed by atoms with van der Waals surface area (Å²) in [4.78, 5) is 32.7. The van der Waals surface area contributed by atoms with Crippen molar-refractivity contribution in [2.75, 3.05) is 5.32 Å². The molecule has 0 unspecified atom stereocenters. The number of carbonyl (C=O) groups excluding carboxylic acids is 1. The van der Waals surface area contributed by atoms with E-state index >= 15 is 0 Å². The summed E-state index contributed by atoms with van der Waals surface area (Å²) < 4.78 is 4.07. The van der Waals surface area contributed by atoms with Crippen LogP contribution in [0.1, 0.15) is 42.4 Å². The molecule has 1 aliphatic heterocycles. The predicted octanol–water partition coefficient (Wildman–Crippen LogP) is 4.36. The van der Waals surface area contributed by atoms with Crippen LogP contribution in [0.15, 0.2) is 75.7 Å². The van der Waals surface area contributed by atoms with Gasteiger partial charge in [-0.3, -0.25) is 18.8 Å². The molecule has 0 bridgehead atoms. The molecule has 0 saturated heterocycles.